The molecule has 5 rings (SSSR count). The van der Waals surface area contributed by atoms with E-state index in [1.54, 1.807) is 0 Å². The average molecular weight is 542 g/mol. The molecule has 5 aliphatic rings. The van der Waals surface area contributed by atoms with Gasteiger partial charge in [0, 0.05) is 36.6 Å². The molecule has 3 heterocycles. The molecule has 2 saturated carbocycles. The molecular formula is C25H45BrN6O2. The number of nitrogens with one attached hydrogen (secondary N) is 3. The molecule has 10 atom stereocenters. The molecule has 5 fully saturated rings. The Bertz CT molecular complexity index is 726. The number of carbonyl (C=O) groups excluding carboxylic acids is 1. The van der Waals surface area contributed by atoms with Crippen molar-refractivity contribution in [3.63, 3.8) is 0 Å². The summed E-state index contributed by atoms with van der Waals surface area (Å²) in [5, 5.41) is 13.7. The van der Waals surface area contributed by atoms with E-state index in [0.29, 0.717) is 18.0 Å². The highest BCUT2D eigenvalue weighted by Gasteiger charge is 2.54. The Hall–Kier alpha value is -0.290. The van der Waals surface area contributed by atoms with Crippen molar-refractivity contribution >= 4 is 21.8 Å². The Labute approximate surface area is 213 Å². The number of piperidine rings is 1. The summed E-state index contributed by atoms with van der Waals surface area (Å²) in [6.45, 7) is 5.22. The fourth-order valence-electron chi connectivity index (χ4n) is 7.63. The van der Waals surface area contributed by atoms with Gasteiger partial charge in [-0.3, -0.25) is 10.2 Å². The largest absolute Gasteiger partial charge is 0.391 e. The molecule has 0 radical (unpaired) electrons. The number of aliphatic hydroxyl groups excluding tert-OH is 1. The summed E-state index contributed by atoms with van der Waals surface area (Å²) in [5.41, 5.74) is 16.6. The lowest BCUT2D eigenvalue weighted by molar-refractivity contribution is -0.142. The number of fused-ring (bicyclic) bond motifs is 1. The summed E-state index contributed by atoms with van der Waals surface area (Å²) < 4.78 is 0. The van der Waals surface area contributed by atoms with Crippen molar-refractivity contribution in [1.82, 2.24) is 26.2 Å². The predicted octanol–water partition coefficient (Wildman–Crippen LogP) is 1.83. The third kappa shape index (κ3) is 4.83. The van der Waals surface area contributed by atoms with Crippen LogP contribution in [0.1, 0.15) is 78.1 Å². The first-order valence-electron chi connectivity index (χ1n) is 13.9. The van der Waals surface area contributed by atoms with Crippen LogP contribution in [0.4, 0.5) is 0 Å². The molecule has 0 bridgehead atoms. The second-order valence-electron chi connectivity index (χ2n) is 11.6. The molecule has 8 nitrogen and oxygen atoms in total. The number of hydrogen-bond acceptors (Lipinski definition) is 7. The summed E-state index contributed by atoms with van der Waals surface area (Å²) >= 11 is 3.54. The highest BCUT2D eigenvalue weighted by molar-refractivity contribution is 9.09. The van der Waals surface area contributed by atoms with E-state index in [1.807, 2.05) is 0 Å². The molecule has 10 unspecified atom stereocenters. The van der Waals surface area contributed by atoms with Crippen LogP contribution in [0.2, 0.25) is 0 Å². The summed E-state index contributed by atoms with van der Waals surface area (Å²) in [6.07, 6.45) is 10.6. The first kappa shape index (κ1) is 25.4. The summed E-state index contributed by atoms with van der Waals surface area (Å²) in [6, 6.07) is 0.500. The Morgan fingerprint density at radius 1 is 1.06 bits per heavy atom. The van der Waals surface area contributed by atoms with Gasteiger partial charge in [0.1, 0.15) is 6.04 Å². The fraction of sp³-hybridized carbons (Fsp3) is 0.960. The normalized spacial score (nSPS) is 45.9. The van der Waals surface area contributed by atoms with E-state index in [2.05, 4.69) is 56.0 Å². The summed E-state index contributed by atoms with van der Waals surface area (Å²) in [5.74, 6) is 2.10. The molecule has 194 valence electrons. The molecule has 3 saturated heterocycles. The minimum Gasteiger partial charge on any atom is -0.391 e. The summed E-state index contributed by atoms with van der Waals surface area (Å²) in [4.78, 5) is 15.9. The number of hydrazine groups is 2. The van der Waals surface area contributed by atoms with Gasteiger partial charge in [-0.2, -0.15) is 0 Å². The number of likely N-dealkylation sites (tertiary alicyclic amines) is 1. The smallest absolute Gasteiger partial charge is 0.242 e. The van der Waals surface area contributed by atoms with E-state index in [4.69, 9.17) is 5.73 Å². The van der Waals surface area contributed by atoms with E-state index in [-0.39, 0.29) is 35.1 Å². The van der Waals surface area contributed by atoms with Crippen molar-refractivity contribution < 1.29 is 9.90 Å². The van der Waals surface area contributed by atoms with Crippen LogP contribution in [-0.4, -0.2) is 74.8 Å². The highest BCUT2D eigenvalue weighted by Crippen LogP contribution is 2.46. The third-order valence-electron chi connectivity index (χ3n) is 9.43. The van der Waals surface area contributed by atoms with Crippen LogP contribution in [0.5, 0.6) is 0 Å². The molecule has 0 aromatic rings. The summed E-state index contributed by atoms with van der Waals surface area (Å²) in [7, 11) is 0. The van der Waals surface area contributed by atoms with Gasteiger partial charge >= 0.3 is 0 Å². The zero-order valence-electron chi connectivity index (χ0n) is 20.8. The molecule has 6 N–H and O–H groups in total. The number of alkyl halides is 1. The van der Waals surface area contributed by atoms with E-state index >= 15 is 0 Å². The van der Waals surface area contributed by atoms with E-state index in [0.717, 1.165) is 63.3 Å². The Kier molecular flexibility index (Phi) is 7.91. The van der Waals surface area contributed by atoms with Crippen molar-refractivity contribution in [1.29, 1.82) is 0 Å². The van der Waals surface area contributed by atoms with E-state index in [9.17, 15) is 9.90 Å². The molecular weight excluding hydrogens is 496 g/mol. The highest BCUT2D eigenvalue weighted by atomic mass is 79.9. The van der Waals surface area contributed by atoms with E-state index < -0.39 is 6.04 Å². The molecule has 1 amide bonds. The van der Waals surface area contributed by atoms with Crippen LogP contribution < -0.4 is 22.0 Å². The lowest BCUT2D eigenvalue weighted by Crippen LogP contribution is -2.68. The Morgan fingerprint density at radius 2 is 1.82 bits per heavy atom. The maximum absolute atomic E-state index is 13.7. The Balaban J connectivity index is 1.32. The SMILES string of the molecule is CCCC1NN(C2CCC(C3CC3)CC2O)C2CCN(C(=O)C3NNC(Br)CC3N)C(CC)C12. The number of carbonyl (C=O) groups is 1. The second-order valence-corrected chi connectivity index (χ2v) is 12.7. The number of nitrogens with two attached hydrogens (primary N) is 1. The zero-order chi connectivity index (χ0) is 24.0. The molecule has 0 aromatic carbocycles. The van der Waals surface area contributed by atoms with Crippen LogP contribution in [0.15, 0.2) is 0 Å². The first-order chi connectivity index (χ1) is 16.4. The monoisotopic (exact) mass is 540 g/mol. The first-order valence-corrected chi connectivity index (χ1v) is 14.8. The zero-order valence-corrected chi connectivity index (χ0v) is 22.4. The molecule has 9 heteroatoms. The van der Waals surface area contributed by atoms with Crippen LogP contribution in [0, 0.1) is 17.8 Å². The standard InChI is InChI=1S/C25H45BrN6O2/c1-3-5-17-23-18(4-2)31(25(34)24-16(27)13-22(26)28-29-24)11-10-20(23)32(30-17)19-9-8-15(12-21(19)33)14-6-7-14/h14-24,28-30,33H,3-13,27H2,1-2H3. The van der Waals surface area contributed by atoms with Gasteiger partial charge in [-0.25, -0.2) is 15.9 Å². The van der Waals surface area contributed by atoms with Crippen molar-refractivity contribution in [3.05, 3.63) is 0 Å². The van der Waals surface area contributed by atoms with Crippen molar-refractivity contribution in [2.24, 2.45) is 23.5 Å². The van der Waals surface area contributed by atoms with E-state index in [1.165, 1.54) is 19.3 Å². The second kappa shape index (κ2) is 10.6. The van der Waals surface area contributed by atoms with Gasteiger partial charge in [-0.05, 0) is 69.6 Å². The maximum Gasteiger partial charge on any atom is 0.242 e. The van der Waals surface area contributed by atoms with Crippen LogP contribution in [0.25, 0.3) is 0 Å². The number of amides is 1. The molecule has 2 aliphatic carbocycles. The van der Waals surface area contributed by atoms with Gasteiger partial charge in [-0.15, -0.1) is 0 Å². The lowest BCUT2D eigenvalue weighted by Gasteiger charge is -2.48. The average Bonchev–Trinajstić information content (AvgIpc) is 3.61. The van der Waals surface area contributed by atoms with Crippen molar-refractivity contribution in [2.75, 3.05) is 6.54 Å². The van der Waals surface area contributed by atoms with Crippen molar-refractivity contribution in [3.8, 4) is 0 Å². The number of nitrogens with zero attached hydrogens (tertiary/aromatic N) is 2. The predicted molar refractivity (Wildman–Crippen MR) is 137 cm³/mol. The maximum atomic E-state index is 13.7. The van der Waals surface area contributed by atoms with Crippen LogP contribution in [-0.2, 0) is 4.79 Å². The molecule has 0 aromatic heterocycles. The quantitative estimate of drug-likeness (QED) is 0.258. The Morgan fingerprint density at radius 3 is 2.47 bits per heavy atom. The van der Waals surface area contributed by atoms with Crippen molar-refractivity contribution in [2.45, 2.75) is 125 Å². The third-order valence-corrected chi connectivity index (χ3v) is 10.0. The number of hydrogen-bond donors (Lipinski definition) is 5. The minimum atomic E-state index is -0.394. The number of rotatable bonds is 6. The molecule has 3 aliphatic heterocycles. The van der Waals surface area contributed by atoms with Gasteiger partial charge in [-0.1, -0.05) is 36.2 Å². The van der Waals surface area contributed by atoms with Gasteiger partial charge in [0.15, 0.2) is 0 Å². The molecule has 0 spiro atoms. The van der Waals surface area contributed by atoms with Crippen LogP contribution >= 0.6 is 15.9 Å². The number of aliphatic hydroxyl groups is 1. The van der Waals surface area contributed by atoms with Gasteiger partial charge in [0.05, 0.1) is 17.1 Å². The van der Waals surface area contributed by atoms with Gasteiger partial charge in [0.2, 0.25) is 5.91 Å². The number of halogens is 1. The molecule has 34 heavy (non-hydrogen) atoms. The van der Waals surface area contributed by atoms with Crippen LogP contribution in [0.3, 0.4) is 0 Å². The minimum absolute atomic E-state index is 0.0854. The van der Waals surface area contributed by atoms with Gasteiger partial charge < -0.3 is 15.7 Å². The van der Waals surface area contributed by atoms with Gasteiger partial charge in [0.25, 0.3) is 0 Å². The fourth-order valence-corrected chi connectivity index (χ4v) is 8.19. The lowest BCUT2D eigenvalue weighted by atomic mass is 9.76. The topological polar surface area (TPSA) is 106 Å².